The molecule has 2 aromatic carbocycles. The van der Waals surface area contributed by atoms with E-state index in [0.29, 0.717) is 19.0 Å². The number of rotatable bonds is 4. The molecule has 3 aliphatic heterocycles. The monoisotopic (exact) mass is 448 g/mol. The van der Waals surface area contributed by atoms with Crippen LogP contribution in [0.4, 0.5) is 27.5 Å². The molecular formula is C25H32N6O2. The van der Waals surface area contributed by atoms with Crippen LogP contribution in [-0.2, 0) is 4.79 Å². The summed E-state index contributed by atoms with van der Waals surface area (Å²) in [4.78, 5) is 32.6. The van der Waals surface area contributed by atoms with E-state index in [1.54, 1.807) is 4.90 Å². The van der Waals surface area contributed by atoms with Crippen molar-refractivity contribution in [1.29, 1.82) is 0 Å². The Labute approximate surface area is 194 Å². The van der Waals surface area contributed by atoms with Gasteiger partial charge in [-0.25, -0.2) is 4.79 Å². The Morgan fingerprint density at radius 1 is 0.697 bits per heavy atom. The molecule has 0 aliphatic carbocycles. The number of piperazine rings is 1. The van der Waals surface area contributed by atoms with Gasteiger partial charge < -0.3 is 15.5 Å². The van der Waals surface area contributed by atoms with Crippen LogP contribution in [0.1, 0.15) is 19.3 Å². The lowest BCUT2D eigenvalue weighted by Crippen LogP contribution is -2.53. The second-order valence-electron chi connectivity index (χ2n) is 9.10. The predicted molar refractivity (Wildman–Crippen MR) is 132 cm³/mol. The number of imide groups is 1. The first-order valence-electron chi connectivity index (χ1n) is 11.9. The minimum absolute atomic E-state index is 0.206. The van der Waals surface area contributed by atoms with Gasteiger partial charge in [0.2, 0.25) is 5.91 Å². The minimum atomic E-state index is -0.337. The summed E-state index contributed by atoms with van der Waals surface area (Å²) in [5.41, 5.74) is 9.92. The summed E-state index contributed by atoms with van der Waals surface area (Å²) in [7, 11) is 0. The fraction of sp³-hybridized carbons (Fsp3) is 0.440. The van der Waals surface area contributed by atoms with E-state index in [2.05, 4.69) is 44.3 Å². The van der Waals surface area contributed by atoms with E-state index in [0.717, 1.165) is 50.6 Å². The van der Waals surface area contributed by atoms with Crippen molar-refractivity contribution >= 4 is 34.7 Å². The number of nitrogens with one attached hydrogen (secondary N) is 1. The van der Waals surface area contributed by atoms with Crippen LogP contribution in [0.2, 0.25) is 0 Å². The highest BCUT2D eigenvalue weighted by molar-refractivity contribution is 6.05. The third-order valence-electron chi connectivity index (χ3n) is 7.13. The zero-order valence-corrected chi connectivity index (χ0v) is 18.9. The maximum atomic E-state index is 12.1. The van der Waals surface area contributed by atoms with E-state index in [9.17, 15) is 9.59 Å². The lowest BCUT2D eigenvalue weighted by Gasteiger charge is -2.44. The number of hydrogen-bond donors (Lipinski definition) is 2. The highest BCUT2D eigenvalue weighted by atomic mass is 16.2. The number of carbonyl (C=O) groups is 2. The van der Waals surface area contributed by atoms with Crippen LogP contribution < -0.4 is 25.8 Å². The molecule has 0 spiro atoms. The summed E-state index contributed by atoms with van der Waals surface area (Å²) in [6.07, 6.45) is 2.68. The maximum absolute atomic E-state index is 12.1. The molecular weight excluding hydrogens is 416 g/mol. The molecule has 2 aromatic rings. The van der Waals surface area contributed by atoms with Crippen molar-refractivity contribution in [1.82, 2.24) is 10.2 Å². The predicted octanol–water partition coefficient (Wildman–Crippen LogP) is 2.51. The molecule has 3 amide bonds. The fourth-order valence-corrected chi connectivity index (χ4v) is 5.17. The first-order valence-corrected chi connectivity index (χ1v) is 11.9. The molecule has 0 bridgehead atoms. The lowest BCUT2D eigenvalue weighted by molar-refractivity contribution is -0.120. The van der Waals surface area contributed by atoms with E-state index >= 15 is 0 Å². The van der Waals surface area contributed by atoms with Gasteiger partial charge in [-0.2, -0.15) is 0 Å². The minimum Gasteiger partial charge on any atom is -0.399 e. The molecule has 3 N–H and O–H groups in total. The van der Waals surface area contributed by atoms with E-state index < -0.39 is 0 Å². The van der Waals surface area contributed by atoms with Crippen LogP contribution >= 0.6 is 0 Å². The van der Waals surface area contributed by atoms with Gasteiger partial charge in [-0.15, -0.1) is 0 Å². The van der Waals surface area contributed by atoms with Crippen LogP contribution in [-0.4, -0.2) is 68.7 Å². The Hall–Kier alpha value is -3.26. The Balaban J connectivity index is 1.11. The zero-order valence-electron chi connectivity index (χ0n) is 18.9. The summed E-state index contributed by atoms with van der Waals surface area (Å²) in [5, 5.41) is 2.38. The average Bonchev–Trinajstić information content (AvgIpc) is 2.85. The Bertz CT molecular complexity index is 977. The van der Waals surface area contributed by atoms with Gasteiger partial charge in [-0.1, -0.05) is 0 Å². The lowest BCUT2D eigenvalue weighted by atomic mass is 10.0. The van der Waals surface area contributed by atoms with E-state index in [1.807, 2.05) is 24.3 Å². The number of carbonyl (C=O) groups excluding carboxylic acids is 2. The van der Waals surface area contributed by atoms with Gasteiger partial charge >= 0.3 is 6.03 Å². The molecule has 0 saturated carbocycles. The van der Waals surface area contributed by atoms with Crippen LogP contribution in [0, 0.1) is 0 Å². The Kier molecular flexibility index (Phi) is 6.09. The molecule has 3 saturated heterocycles. The summed E-state index contributed by atoms with van der Waals surface area (Å²) < 4.78 is 0. The van der Waals surface area contributed by atoms with Gasteiger partial charge in [0.1, 0.15) is 0 Å². The van der Waals surface area contributed by atoms with E-state index in [4.69, 9.17) is 5.73 Å². The molecule has 174 valence electrons. The van der Waals surface area contributed by atoms with Crippen LogP contribution in [0.5, 0.6) is 0 Å². The van der Waals surface area contributed by atoms with Crippen LogP contribution in [0.15, 0.2) is 48.5 Å². The summed E-state index contributed by atoms with van der Waals surface area (Å²) >= 11 is 0. The van der Waals surface area contributed by atoms with Crippen molar-refractivity contribution < 1.29 is 9.59 Å². The van der Waals surface area contributed by atoms with Gasteiger partial charge in [0.15, 0.2) is 0 Å². The SMILES string of the molecule is Nc1ccc(N2CCN(C3CCN(c4ccc(N5CCC(=O)NC5=O)cc4)CC3)CC2)cc1. The van der Waals surface area contributed by atoms with Crippen molar-refractivity contribution in [3.8, 4) is 0 Å². The normalized spacial score (nSPS) is 20.8. The Morgan fingerprint density at radius 3 is 1.85 bits per heavy atom. The topological polar surface area (TPSA) is 85.2 Å². The average molecular weight is 449 g/mol. The number of hydrogen-bond acceptors (Lipinski definition) is 6. The molecule has 3 aliphatic rings. The highest BCUT2D eigenvalue weighted by Crippen LogP contribution is 2.27. The third-order valence-corrected chi connectivity index (χ3v) is 7.13. The largest absolute Gasteiger partial charge is 0.399 e. The molecule has 0 radical (unpaired) electrons. The molecule has 0 aromatic heterocycles. The number of anilines is 4. The highest BCUT2D eigenvalue weighted by Gasteiger charge is 2.28. The molecule has 3 fully saturated rings. The molecule has 8 nitrogen and oxygen atoms in total. The number of nitrogen functional groups attached to an aromatic ring is 1. The van der Waals surface area contributed by atoms with Crippen molar-refractivity contribution in [2.75, 3.05) is 66.2 Å². The van der Waals surface area contributed by atoms with Gasteiger partial charge in [0, 0.05) is 81.0 Å². The second kappa shape index (κ2) is 9.31. The smallest absolute Gasteiger partial charge is 0.328 e. The number of urea groups is 1. The third kappa shape index (κ3) is 4.75. The summed E-state index contributed by atoms with van der Waals surface area (Å²) in [6, 6.07) is 16.6. The number of piperidine rings is 1. The van der Waals surface area contributed by atoms with Gasteiger partial charge in [-0.05, 0) is 61.4 Å². The summed E-state index contributed by atoms with van der Waals surface area (Å²) in [5.74, 6) is -0.206. The van der Waals surface area contributed by atoms with Crippen LogP contribution in [0.25, 0.3) is 0 Å². The number of nitrogens with two attached hydrogens (primary N) is 1. The molecule has 3 heterocycles. The van der Waals surface area contributed by atoms with Gasteiger partial charge in [-0.3, -0.25) is 19.9 Å². The zero-order chi connectivity index (χ0) is 22.8. The van der Waals surface area contributed by atoms with Gasteiger partial charge in [0.05, 0.1) is 0 Å². The van der Waals surface area contributed by atoms with Crippen LogP contribution in [0.3, 0.4) is 0 Å². The van der Waals surface area contributed by atoms with E-state index in [-0.39, 0.29) is 11.9 Å². The van der Waals surface area contributed by atoms with Crippen molar-refractivity contribution in [2.24, 2.45) is 0 Å². The van der Waals surface area contributed by atoms with Gasteiger partial charge in [0.25, 0.3) is 0 Å². The van der Waals surface area contributed by atoms with E-state index in [1.165, 1.54) is 24.2 Å². The number of benzene rings is 2. The van der Waals surface area contributed by atoms with Crippen molar-refractivity contribution in [2.45, 2.75) is 25.3 Å². The Morgan fingerprint density at radius 2 is 1.24 bits per heavy atom. The first-order chi connectivity index (χ1) is 16.1. The fourth-order valence-electron chi connectivity index (χ4n) is 5.17. The first kappa shape index (κ1) is 21.6. The standard InChI is InChI=1S/C25H32N6O2/c26-19-1-3-20(4-2-19)29-15-17-30(18-16-29)22-9-12-28(13-10-22)21-5-7-23(8-6-21)31-14-11-24(32)27-25(31)33/h1-8,22H,9-18,26H2,(H,27,32,33). The molecule has 0 unspecified atom stereocenters. The number of amides is 3. The maximum Gasteiger partial charge on any atom is 0.328 e. The quantitative estimate of drug-likeness (QED) is 0.699. The number of nitrogens with zero attached hydrogens (tertiary/aromatic N) is 4. The van der Waals surface area contributed by atoms with Crippen molar-refractivity contribution in [3.63, 3.8) is 0 Å². The van der Waals surface area contributed by atoms with Crippen molar-refractivity contribution in [3.05, 3.63) is 48.5 Å². The second-order valence-corrected chi connectivity index (χ2v) is 9.10. The molecule has 8 heteroatoms. The molecule has 5 rings (SSSR count). The molecule has 0 atom stereocenters. The molecule has 33 heavy (non-hydrogen) atoms. The summed E-state index contributed by atoms with van der Waals surface area (Å²) in [6.45, 7) is 6.83.